The van der Waals surface area contributed by atoms with Gasteiger partial charge in [0.05, 0.1) is 35.9 Å². The number of piperidine rings is 1. The Morgan fingerprint density at radius 1 is 1.16 bits per heavy atom. The van der Waals surface area contributed by atoms with Crippen LogP contribution in [0.4, 0.5) is 0 Å². The zero-order chi connectivity index (χ0) is 27.3. The number of fused-ring (bicyclic) bond motifs is 1. The van der Waals surface area contributed by atoms with Crippen LogP contribution in [0.1, 0.15) is 38.3 Å². The lowest BCUT2D eigenvalue weighted by atomic mass is 9.69. The zero-order valence-corrected chi connectivity index (χ0v) is 22.3. The number of nitrogens with two attached hydrogens (primary N) is 1. The van der Waals surface area contributed by atoms with Gasteiger partial charge in [0, 0.05) is 13.1 Å². The smallest absolute Gasteiger partial charge is 0.255 e. The number of nitrogens with zero attached hydrogens (tertiary/aromatic N) is 2. The van der Waals surface area contributed by atoms with Gasteiger partial charge < -0.3 is 21.1 Å². The molecule has 0 spiro atoms. The average molecular weight is 520 g/mol. The summed E-state index contributed by atoms with van der Waals surface area (Å²) in [5, 5.41) is 12.1. The lowest BCUT2D eigenvalue weighted by molar-refractivity contribution is -0.138. The number of Topliss-reactive ketones (excluding diaryl/α,β-unsaturated/α-hetero) is 1. The minimum atomic E-state index is -1.17. The first-order valence-corrected chi connectivity index (χ1v) is 13.1. The molecule has 0 aliphatic carbocycles. The van der Waals surface area contributed by atoms with Crippen LogP contribution in [0.5, 0.6) is 0 Å². The van der Waals surface area contributed by atoms with Gasteiger partial charge in [0.2, 0.25) is 5.91 Å². The maximum atomic E-state index is 13.9. The molecule has 2 aromatic carbocycles. The second-order valence-electron chi connectivity index (χ2n) is 10.6. The molecule has 2 aliphatic rings. The Labute approximate surface area is 223 Å². The van der Waals surface area contributed by atoms with E-state index in [0.29, 0.717) is 26.1 Å². The molecule has 1 unspecified atom stereocenters. The third-order valence-electron chi connectivity index (χ3n) is 7.13. The van der Waals surface area contributed by atoms with Crippen LogP contribution in [0.2, 0.25) is 0 Å². The molecule has 38 heavy (non-hydrogen) atoms. The monoisotopic (exact) mass is 519 g/mol. The quantitative estimate of drug-likeness (QED) is 0.416. The van der Waals surface area contributed by atoms with Crippen LogP contribution in [0.25, 0.3) is 0 Å². The Morgan fingerprint density at radius 2 is 1.79 bits per heavy atom. The molecular formula is C29H37N5O4. The highest BCUT2D eigenvalue weighted by molar-refractivity contribution is 6.14. The Morgan fingerprint density at radius 3 is 2.39 bits per heavy atom. The number of rotatable bonds is 11. The van der Waals surface area contributed by atoms with E-state index in [0.717, 1.165) is 16.8 Å². The molecule has 9 heteroatoms. The summed E-state index contributed by atoms with van der Waals surface area (Å²) in [6.07, 6.45) is 0.691. The van der Waals surface area contributed by atoms with E-state index >= 15 is 0 Å². The second kappa shape index (κ2) is 11.6. The Hall–Kier alpha value is -3.40. The predicted octanol–water partition coefficient (Wildman–Crippen LogP) is 1.80. The number of ether oxygens (including phenoxy) is 1. The summed E-state index contributed by atoms with van der Waals surface area (Å²) < 4.78 is 5.87. The van der Waals surface area contributed by atoms with Crippen molar-refractivity contribution in [2.75, 3.05) is 19.7 Å². The molecule has 202 valence electrons. The zero-order valence-electron chi connectivity index (χ0n) is 22.3. The molecule has 3 atom stereocenters. The minimum Gasteiger partial charge on any atom is -0.374 e. The summed E-state index contributed by atoms with van der Waals surface area (Å²) in [4.78, 5) is 40.3. The third-order valence-corrected chi connectivity index (χ3v) is 7.13. The molecule has 4 N–H and O–H groups in total. The lowest BCUT2D eigenvalue weighted by Gasteiger charge is -2.38. The van der Waals surface area contributed by atoms with Crippen LogP contribution in [-0.4, -0.2) is 65.6 Å². The summed E-state index contributed by atoms with van der Waals surface area (Å²) in [5.41, 5.74) is 6.61. The first kappa shape index (κ1) is 27.6. The van der Waals surface area contributed by atoms with Gasteiger partial charge >= 0.3 is 0 Å². The van der Waals surface area contributed by atoms with Crippen molar-refractivity contribution in [2.24, 2.45) is 16.3 Å². The molecular weight excluding hydrogens is 482 g/mol. The molecule has 4 rings (SSSR count). The normalized spacial score (nSPS) is 22.0. The maximum Gasteiger partial charge on any atom is 0.255 e. The largest absolute Gasteiger partial charge is 0.374 e. The summed E-state index contributed by atoms with van der Waals surface area (Å²) in [6, 6.07) is 17.8. The molecule has 1 fully saturated rings. The third kappa shape index (κ3) is 6.01. The van der Waals surface area contributed by atoms with Gasteiger partial charge in [-0.1, -0.05) is 60.7 Å². The number of amides is 2. The van der Waals surface area contributed by atoms with E-state index in [-0.39, 0.29) is 24.7 Å². The topological polar surface area (TPSA) is 126 Å². The van der Waals surface area contributed by atoms with Gasteiger partial charge in [-0.3, -0.25) is 14.4 Å². The van der Waals surface area contributed by atoms with Gasteiger partial charge in [-0.25, -0.2) is 5.01 Å². The van der Waals surface area contributed by atoms with E-state index < -0.39 is 28.9 Å². The lowest BCUT2D eigenvalue weighted by Crippen LogP contribution is -2.62. The van der Waals surface area contributed by atoms with Crippen molar-refractivity contribution in [2.45, 2.75) is 57.8 Å². The molecule has 2 heterocycles. The number of carbonyl (C=O) groups is 3. The highest BCUT2D eigenvalue weighted by Crippen LogP contribution is 2.40. The Bertz CT molecular complexity index is 1180. The molecule has 0 radical (unpaired) electrons. The average Bonchev–Trinajstić information content (AvgIpc) is 3.18. The predicted molar refractivity (Wildman–Crippen MR) is 145 cm³/mol. The molecule has 2 amide bonds. The molecule has 1 saturated heterocycles. The van der Waals surface area contributed by atoms with Gasteiger partial charge in [-0.15, -0.1) is 0 Å². The van der Waals surface area contributed by atoms with Crippen LogP contribution in [-0.2, 0) is 32.1 Å². The van der Waals surface area contributed by atoms with Crippen LogP contribution >= 0.6 is 0 Å². The number of ketones is 1. The molecule has 2 aromatic rings. The molecule has 2 aliphatic heterocycles. The van der Waals surface area contributed by atoms with Crippen LogP contribution < -0.4 is 16.4 Å². The van der Waals surface area contributed by atoms with Crippen molar-refractivity contribution >= 4 is 23.3 Å². The van der Waals surface area contributed by atoms with Gasteiger partial charge in [-0.2, -0.15) is 5.10 Å². The van der Waals surface area contributed by atoms with Crippen LogP contribution in [0.15, 0.2) is 65.8 Å². The van der Waals surface area contributed by atoms with Crippen molar-refractivity contribution in [3.05, 3.63) is 71.8 Å². The fraction of sp³-hybridized carbons (Fsp3) is 0.448. The summed E-state index contributed by atoms with van der Waals surface area (Å²) >= 11 is 0. The highest BCUT2D eigenvalue weighted by Gasteiger charge is 2.55. The van der Waals surface area contributed by atoms with E-state index in [4.69, 9.17) is 10.5 Å². The summed E-state index contributed by atoms with van der Waals surface area (Å²) in [5.74, 6) is -0.794. The summed E-state index contributed by atoms with van der Waals surface area (Å²) in [7, 11) is 0. The van der Waals surface area contributed by atoms with E-state index in [9.17, 15) is 14.4 Å². The Balaban J connectivity index is 1.56. The fourth-order valence-electron chi connectivity index (χ4n) is 4.97. The fourth-order valence-corrected chi connectivity index (χ4v) is 4.97. The molecule has 0 saturated carbocycles. The Kier molecular flexibility index (Phi) is 8.40. The minimum absolute atomic E-state index is 0.0185. The van der Waals surface area contributed by atoms with Crippen molar-refractivity contribution in [3.63, 3.8) is 0 Å². The number of nitrogens with one attached hydrogen (secondary N) is 2. The van der Waals surface area contributed by atoms with Gasteiger partial charge in [-0.05, 0) is 44.7 Å². The number of benzene rings is 2. The molecule has 0 bridgehead atoms. The van der Waals surface area contributed by atoms with Gasteiger partial charge in [0.15, 0.2) is 5.78 Å². The SMILES string of the molecule is CCN1N=C2CNC(C(=O)[C@@H](COCc3ccccc3)NC(=O)C(C)(C)N)C[C@@]2(Cc2ccccc2)C1=O. The van der Waals surface area contributed by atoms with Crippen molar-refractivity contribution in [1.29, 1.82) is 0 Å². The number of hydrogen-bond acceptors (Lipinski definition) is 7. The van der Waals surface area contributed by atoms with Crippen molar-refractivity contribution < 1.29 is 19.1 Å². The molecule has 9 nitrogen and oxygen atoms in total. The molecule has 0 aromatic heterocycles. The number of hydrogen-bond donors (Lipinski definition) is 3. The van der Waals surface area contributed by atoms with E-state index in [1.807, 2.05) is 67.6 Å². The first-order chi connectivity index (χ1) is 18.1. The van der Waals surface area contributed by atoms with Crippen molar-refractivity contribution in [3.8, 4) is 0 Å². The van der Waals surface area contributed by atoms with Crippen molar-refractivity contribution in [1.82, 2.24) is 15.6 Å². The van der Waals surface area contributed by atoms with E-state index in [1.54, 1.807) is 13.8 Å². The van der Waals surface area contributed by atoms with Gasteiger partial charge in [0.25, 0.3) is 5.91 Å². The maximum absolute atomic E-state index is 13.9. The number of carbonyl (C=O) groups excluding carboxylic acids is 3. The van der Waals surface area contributed by atoms with E-state index in [1.165, 1.54) is 5.01 Å². The second-order valence-corrected chi connectivity index (χ2v) is 10.6. The standard InChI is InChI=1S/C29H37N5O4/c1-4-34-27(37)29(15-20-11-7-5-8-12-20)16-22(31-17-24(29)33-34)25(35)23(32-26(36)28(2,3)30)19-38-18-21-13-9-6-10-14-21/h5-14,22-23,31H,4,15-19,30H2,1-3H3,(H,32,36)/t22?,23-,29-/m1/s1. The number of hydrazone groups is 1. The van der Waals surface area contributed by atoms with Crippen LogP contribution in [0, 0.1) is 5.41 Å². The van der Waals surface area contributed by atoms with Crippen LogP contribution in [0.3, 0.4) is 0 Å². The summed E-state index contributed by atoms with van der Waals surface area (Å²) in [6.45, 7) is 6.09. The first-order valence-electron chi connectivity index (χ1n) is 13.1. The highest BCUT2D eigenvalue weighted by atomic mass is 16.5. The van der Waals surface area contributed by atoms with Gasteiger partial charge in [0.1, 0.15) is 6.04 Å². The van der Waals surface area contributed by atoms with E-state index in [2.05, 4.69) is 15.7 Å².